The predicted octanol–water partition coefficient (Wildman–Crippen LogP) is 4.79. The van der Waals surface area contributed by atoms with Gasteiger partial charge in [-0.25, -0.2) is 10.4 Å². The quantitative estimate of drug-likeness (QED) is 0.132. The molecule has 0 saturated heterocycles. The van der Waals surface area contributed by atoms with Crippen molar-refractivity contribution in [3.8, 4) is 22.8 Å². The molecule has 4 aromatic rings. The van der Waals surface area contributed by atoms with Crippen molar-refractivity contribution in [3.05, 3.63) is 86.8 Å². The number of nitrogens with one attached hydrogen (secondary N) is 2. The maximum Gasteiger partial charge on any atom is 0.271 e. The number of methoxy groups -OCH3 is 1. The number of thiazole rings is 1. The van der Waals surface area contributed by atoms with E-state index in [1.807, 2.05) is 47.8 Å². The maximum absolute atomic E-state index is 12.5. The van der Waals surface area contributed by atoms with E-state index in [1.54, 1.807) is 24.3 Å². The first kappa shape index (κ1) is 26.1. The van der Waals surface area contributed by atoms with Crippen LogP contribution in [0.4, 0.5) is 10.8 Å². The summed E-state index contributed by atoms with van der Waals surface area (Å²) in [6, 6.07) is 20.4. The van der Waals surface area contributed by atoms with Crippen LogP contribution in [-0.4, -0.2) is 36.7 Å². The fourth-order valence-corrected chi connectivity index (χ4v) is 4.75. The number of amides is 2. The van der Waals surface area contributed by atoms with Crippen LogP contribution in [0.1, 0.15) is 15.9 Å². The summed E-state index contributed by atoms with van der Waals surface area (Å²) in [5.41, 5.74) is 11.5. The summed E-state index contributed by atoms with van der Waals surface area (Å²) in [5, 5.41) is 10.1. The van der Waals surface area contributed by atoms with E-state index >= 15 is 0 Å². The Morgan fingerprint density at radius 3 is 2.59 bits per heavy atom. The number of hydrazone groups is 1. The number of halogens is 1. The largest absolute Gasteiger partial charge is 0.493 e. The second-order valence-electron chi connectivity index (χ2n) is 7.59. The zero-order valence-corrected chi connectivity index (χ0v) is 22.6. The van der Waals surface area contributed by atoms with E-state index < -0.39 is 5.91 Å². The number of primary amides is 1. The highest BCUT2D eigenvalue weighted by molar-refractivity contribution is 14.1. The molecule has 0 aliphatic rings. The Morgan fingerprint density at radius 2 is 1.89 bits per heavy atom. The Hall–Kier alpha value is -3.97. The van der Waals surface area contributed by atoms with Crippen molar-refractivity contribution < 1.29 is 19.1 Å². The van der Waals surface area contributed by atoms with E-state index in [2.05, 4.69) is 43.4 Å². The zero-order valence-electron chi connectivity index (χ0n) is 19.6. The van der Waals surface area contributed by atoms with Crippen LogP contribution in [0, 0.1) is 3.57 Å². The number of nitrogens with zero attached hydrogens (tertiary/aromatic N) is 2. The first-order chi connectivity index (χ1) is 17.9. The van der Waals surface area contributed by atoms with E-state index in [4.69, 9.17) is 15.2 Å². The molecule has 4 N–H and O–H groups in total. The number of anilines is 2. The summed E-state index contributed by atoms with van der Waals surface area (Å²) in [5.74, 6) is -0.113. The van der Waals surface area contributed by atoms with Gasteiger partial charge in [0, 0.05) is 22.2 Å². The Balaban J connectivity index is 1.37. The lowest BCUT2D eigenvalue weighted by Crippen LogP contribution is -2.20. The lowest BCUT2D eigenvalue weighted by molar-refractivity contribution is -0.119. The topological polar surface area (TPSA) is 128 Å². The molecule has 0 radical (unpaired) electrons. The lowest BCUT2D eigenvalue weighted by Gasteiger charge is -2.12. The highest BCUT2D eigenvalue weighted by atomic mass is 127. The number of carbonyl (C=O) groups excluding carboxylic acids is 2. The van der Waals surface area contributed by atoms with E-state index in [1.165, 1.54) is 24.7 Å². The van der Waals surface area contributed by atoms with E-state index in [0.29, 0.717) is 26.2 Å². The van der Waals surface area contributed by atoms with Crippen molar-refractivity contribution in [2.24, 2.45) is 10.8 Å². The van der Waals surface area contributed by atoms with Gasteiger partial charge in [0.1, 0.15) is 0 Å². The normalized spacial score (nSPS) is 10.8. The molecule has 0 unspecified atom stereocenters. The van der Waals surface area contributed by atoms with Crippen molar-refractivity contribution >= 4 is 62.8 Å². The van der Waals surface area contributed by atoms with E-state index in [-0.39, 0.29) is 12.5 Å². The van der Waals surface area contributed by atoms with Crippen molar-refractivity contribution in [2.45, 2.75) is 0 Å². The summed E-state index contributed by atoms with van der Waals surface area (Å²) >= 11 is 3.56. The van der Waals surface area contributed by atoms with Crippen LogP contribution in [0.25, 0.3) is 11.3 Å². The van der Waals surface area contributed by atoms with Crippen LogP contribution in [0.3, 0.4) is 0 Å². The van der Waals surface area contributed by atoms with Crippen LogP contribution in [-0.2, 0) is 4.79 Å². The monoisotopic (exact) mass is 627 g/mol. The van der Waals surface area contributed by atoms with Gasteiger partial charge in [-0.05, 0) is 64.6 Å². The molecular formula is C26H22IN5O4S. The summed E-state index contributed by atoms with van der Waals surface area (Å²) in [6.07, 6.45) is 1.49. The smallest absolute Gasteiger partial charge is 0.271 e. The summed E-state index contributed by atoms with van der Waals surface area (Å²) < 4.78 is 11.5. The molecule has 1 aromatic heterocycles. The van der Waals surface area contributed by atoms with Gasteiger partial charge in [0.05, 0.1) is 22.6 Å². The van der Waals surface area contributed by atoms with Gasteiger partial charge < -0.3 is 20.5 Å². The maximum atomic E-state index is 12.5. The molecular weight excluding hydrogens is 605 g/mol. The summed E-state index contributed by atoms with van der Waals surface area (Å²) in [7, 11) is 1.49. The lowest BCUT2D eigenvalue weighted by atomic mass is 10.1. The number of hydrogen-bond acceptors (Lipinski definition) is 8. The molecule has 188 valence electrons. The molecule has 0 aliphatic carbocycles. The van der Waals surface area contributed by atoms with Crippen LogP contribution in [0.2, 0.25) is 0 Å². The second-order valence-corrected chi connectivity index (χ2v) is 9.61. The molecule has 0 bridgehead atoms. The highest BCUT2D eigenvalue weighted by Gasteiger charge is 2.13. The molecule has 0 fully saturated rings. The van der Waals surface area contributed by atoms with Crippen molar-refractivity contribution in [2.75, 3.05) is 19.0 Å². The van der Waals surface area contributed by atoms with Crippen LogP contribution < -0.4 is 25.9 Å². The van der Waals surface area contributed by atoms with Crippen LogP contribution >= 0.6 is 33.9 Å². The molecule has 1 heterocycles. The Morgan fingerprint density at radius 1 is 1.14 bits per heavy atom. The van der Waals surface area contributed by atoms with Crippen LogP contribution in [0.5, 0.6) is 11.5 Å². The number of para-hydroxylation sites is 1. The number of ether oxygens (including phenoxy) is 2. The minimum Gasteiger partial charge on any atom is -0.493 e. The number of aromatic nitrogens is 1. The van der Waals surface area contributed by atoms with Crippen LogP contribution in [0.15, 0.2) is 77.2 Å². The zero-order chi connectivity index (χ0) is 26.2. The number of carbonyl (C=O) groups is 2. The third kappa shape index (κ3) is 7.05. The van der Waals surface area contributed by atoms with E-state index in [9.17, 15) is 9.59 Å². The third-order valence-corrected chi connectivity index (χ3v) is 6.52. The number of hydrogen-bond donors (Lipinski definition) is 3. The molecule has 4 rings (SSSR count). The van der Waals surface area contributed by atoms with Gasteiger partial charge in [0.15, 0.2) is 23.2 Å². The fraction of sp³-hybridized carbons (Fsp3) is 0.0769. The Bertz CT molecular complexity index is 1420. The molecule has 2 amide bonds. The number of rotatable bonds is 10. The van der Waals surface area contributed by atoms with Crippen molar-refractivity contribution in [3.63, 3.8) is 0 Å². The Kier molecular flexibility index (Phi) is 8.69. The summed E-state index contributed by atoms with van der Waals surface area (Å²) in [6.45, 7) is -0.261. The number of benzene rings is 3. The first-order valence-corrected chi connectivity index (χ1v) is 12.9. The highest BCUT2D eigenvalue weighted by Crippen LogP contribution is 2.33. The predicted molar refractivity (Wildman–Crippen MR) is 153 cm³/mol. The summed E-state index contributed by atoms with van der Waals surface area (Å²) in [4.78, 5) is 28.2. The van der Waals surface area contributed by atoms with E-state index in [0.717, 1.165) is 22.1 Å². The van der Waals surface area contributed by atoms with Gasteiger partial charge in [-0.15, -0.1) is 11.3 Å². The standard InChI is InChI=1S/C26H22IN5O4S/c1-35-22-12-16(11-20(27)24(22)36-14-23(28)33)13-29-32-25(34)18-9-7-17(8-10-18)21-15-37-26(31-21)30-19-5-3-2-4-6-19/h2-13,15H,14H2,1H3,(H2,28,33)(H,30,31)(H,32,34)/b29-13+. The molecule has 3 aromatic carbocycles. The SMILES string of the molecule is COc1cc(/C=N/NC(=O)c2ccc(-c3csc(Nc4ccccc4)n3)cc2)cc(I)c1OCC(N)=O. The first-order valence-electron chi connectivity index (χ1n) is 10.9. The van der Waals surface area contributed by atoms with Gasteiger partial charge in [-0.2, -0.15) is 5.10 Å². The van der Waals surface area contributed by atoms with Crippen molar-refractivity contribution in [1.29, 1.82) is 0 Å². The molecule has 9 nitrogen and oxygen atoms in total. The van der Waals surface area contributed by atoms with Gasteiger partial charge in [0.25, 0.3) is 11.8 Å². The van der Waals surface area contributed by atoms with Gasteiger partial charge in [0.2, 0.25) is 0 Å². The average molecular weight is 627 g/mol. The second kappa shape index (κ2) is 12.3. The average Bonchev–Trinajstić information content (AvgIpc) is 3.36. The molecule has 0 atom stereocenters. The fourth-order valence-electron chi connectivity index (χ4n) is 3.23. The third-order valence-electron chi connectivity index (χ3n) is 4.96. The minimum atomic E-state index is -0.587. The number of nitrogens with two attached hydrogens (primary N) is 1. The van der Waals surface area contributed by atoms with Gasteiger partial charge in [-0.1, -0.05) is 30.3 Å². The molecule has 11 heteroatoms. The molecule has 0 spiro atoms. The molecule has 37 heavy (non-hydrogen) atoms. The Labute approximate surface area is 230 Å². The molecule has 0 aliphatic heterocycles. The van der Waals surface area contributed by atoms with Gasteiger partial charge in [-0.3, -0.25) is 9.59 Å². The molecule has 0 saturated carbocycles. The van der Waals surface area contributed by atoms with Gasteiger partial charge >= 0.3 is 0 Å². The minimum absolute atomic E-state index is 0.261. The van der Waals surface area contributed by atoms with Crippen molar-refractivity contribution in [1.82, 2.24) is 10.4 Å².